The monoisotopic (exact) mass is 252 g/mol. The standard InChI is InChI=1S/C11H20N6O/c1-15-4-5-17(10(6-12)7-15)11(18)2-3-16-9-13-8-14-16/h8-10H,2-7,12H2,1H3. The molecule has 1 aromatic rings. The Bertz CT molecular complexity index is 379. The normalized spacial score (nSPS) is 21.2. The van der Waals surface area contributed by atoms with Gasteiger partial charge in [0.2, 0.25) is 5.91 Å². The van der Waals surface area contributed by atoms with E-state index in [0.29, 0.717) is 19.5 Å². The van der Waals surface area contributed by atoms with Gasteiger partial charge in [0.25, 0.3) is 0 Å². The van der Waals surface area contributed by atoms with E-state index in [4.69, 9.17) is 5.73 Å². The third kappa shape index (κ3) is 3.05. The largest absolute Gasteiger partial charge is 0.336 e. The average molecular weight is 252 g/mol. The number of nitrogens with two attached hydrogens (primary N) is 1. The number of hydrogen-bond acceptors (Lipinski definition) is 5. The molecule has 0 bridgehead atoms. The van der Waals surface area contributed by atoms with Crippen LogP contribution in [-0.2, 0) is 11.3 Å². The summed E-state index contributed by atoms with van der Waals surface area (Å²) in [6.45, 7) is 3.60. The zero-order valence-electron chi connectivity index (χ0n) is 10.7. The first-order valence-corrected chi connectivity index (χ1v) is 6.21. The minimum atomic E-state index is 0.131. The molecule has 0 saturated carbocycles. The third-order valence-corrected chi connectivity index (χ3v) is 3.30. The van der Waals surface area contributed by atoms with Gasteiger partial charge in [0.15, 0.2) is 0 Å². The number of aryl methyl sites for hydroxylation is 1. The van der Waals surface area contributed by atoms with Crippen molar-refractivity contribution in [1.29, 1.82) is 0 Å². The van der Waals surface area contributed by atoms with Gasteiger partial charge in [-0.05, 0) is 7.05 Å². The van der Waals surface area contributed by atoms with Gasteiger partial charge in [-0.1, -0.05) is 0 Å². The van der Waals surface area contributed by atoms with E-state index in [1.54, 1.807) is 11.0 Å². The van der Waals surface area contributed by atoms with Crippen LogP contribution in [0.25, 0.3) is 0 Å². The molecule has 100 valence electrons. The van der Waals surface area contributed by atoms with Crippen LogP contribution in [0.15, 0.2) is 12.7 Å². The third-order valence-electron chi connectivity index (χ3n) is 3.30. The fourth-order valence-electron chi connectivity index (χ4n) is 2.24. The molecule has 2 rings (SSSR count). The Morgan fingerprint density at radius 2 is 2.33 bits per heavy atom. The molecule has 1 aromatic heterocycles. The van der Waals surface area contributed by atoms with E-state index in [1.807, 2.05) is 4.90 Å². The molecule has 7 nitrogen and oxygen atoms in total. The summed E-state index contributed by atoms with van der Waals surface area (Å²) in [5, 5.41) is 3.99. The van der Waals surface area contributed by atoms with Crippen LogP contribution in [0.3, 0.4) is 0 Å². The van der Waals surface area contributed by atoms with E-state index >= 15 is 0 Å². The molecule has 7 heteroatoms. The van der Waals surface area contributed by atoms with Crippen LogP contribution >= 0.6 is 0 Å². The van der Waals surface area contributed by atoms with E-state index in [0.717, 1.165) is 19.6 Å². The molecular formula is C11H20N6O. The second kappa shape index (κ2) is 5.92. The molecule has 0 radical (unpaired) electrons. The number of carbonyl (C=O) groups is 1. The van der Waals surface area contributed by atoms with Crippen molar-refractivity contribution >= 4 is 5.91 Å². The maximum Gasteiger partial charge on any atom is 0.224 e. The highest BCUT2D eigenvalue weighted by atomic mass is 16.2. The van der Waals surface area contributed by atoms with Gasteiger partial charge in [-0.2, -0.15) is 5.10 Å². The lowest BCUT2D eigenvalue weighted by atomic mass is 10.1. The van der Waals surface area contributed by atoms with E-state index in [2.05, 4.69) is 22.0 Å². The number of rotatable bonds is 4. The molecule has 18 heavy (non-hydrogen) atoms. The Labute approximate surface area is 107 Å². The van der Waals surface area contributed by atoms with Crippen molar-refractivity contribution in [2.45, 2.75) is 19.0 Å². The molecule has 1 unspecified atom stereocenters. The number of aromatic nitrogens is 3. The molecule has 0 aromatic carbocycles. The first-order chi connectivity index (χ1) is 8.70. The average Bonchev–Trinajstić information content (AvgIpc) is 2.88. The van der Waals surface area contributed by atoms with E-state index in [1.165, 1.54) is 6.33 Å². The van der Waals surface area contributed by atoms with Gasteiger partial charge in [0, 0.05) is 32.6 Å². The molecule has 1 aliphatic heterocycles. The molecule has 1 aliphatic rings. The van der Waals surface area contributed by atoms with E-state index in [-0.39, 0.29) is 11.9 Å². The Morgan fingerprint density at radius 3 is 3.00 bits per heavy atom. The number of likely N-dealkylation sites (N-methyl/N-ethyl adjacent to an activating group) is 1. The minimum absolute atomic E-state index is 0.131. The summed E-state index contributed by atoms with van der Waals surface area (Å²) in [6, 6.07) is 0.131. The highest BCUT2D eigenvalue weighted by molar-refractivity contribution is 5.76. The Hall–Kier alpha value is -1.47. The Kier molecular flexibility index (Phi) is 4.27. The van der Waals surface area contributed by atoms with Crippen molar-refractivity contribution in [3.05, 3.63) is 12.7 Å². The number of carbonyl (C=O) groups excluding carboxylic acids is 1. The Balaban J connectivity index is 1.87. The van der Waals surface area contributed by atoms with Crippen LogP contribution in [0, 0.1) is 0 Å². The number of piperazine rings is 1. The van der Waals surface area contributed by atoms with E-state index in [9.17, 15) is 4.79 Å². The maximum atomic E-state index is 12.2. The molecule has 1 amide bonds. The summed E-state index contributed by atoms with van der Waals surface area (Å²) in [5.41, 5.74) is 5.74. The lowest BCUT2D eigenvalue weighted by Crippen LogP contribution is -2.56. The van der Waals surface area contributed by atoms with Crippen molar-refractivity contribution in [1.82, 2.24) is 24.6 Å². The molecule has 1 atom stereocenters. The minimum Gasteiger partial charge on any atom is -0.336 e. The fourth-order valence-corrected chi connectivity index (χ4v) is 2.24. The van der Waals surface area contributed by atoms with Gasteiger partial charge in [0.1, 0.15) is 12.7 Å². The summed E-state index contributed by atoms with van der Waals surface area (Å²) < 4.78 is 1.67. The number of nitrogens with zero attached hydrogens (tertiary/aromatic N) is 5. The van der Waals surface area contributed by atoms with Crippen molar-refractivity contribution in [3.63, 3.8) is 0 Å². The summed E-state index contributed by atoms with van der Waals surface area (Å²) in [7, 11) is 2.06. The van der Waals surface area contributed by atoms with Crippen LogP contribution in [0.4, 0.5) is 0 Å². The van der Waals surface area contributed by atoms with Crippen molar-refractivity contribution in [2.75, 3.05) is 33.2 Å². The van der Waals surface area contributed by atoms with Crippen LogP contribution in [-0.4, -0.2) is 69.7 Å². The van der Waals surface area contributed by atoms with Crippen LogP contribution < -0.4 is 5.73 Å². The summed E-state index contributed by atoms with van der Waals surface area (Å²) in [4.78, 5) is 20.1. The maximum absolute atomic E-state index is 12.2. The molecule has 0 aliphatic carbocycles. The van der Waals surface area contributed by atoms with Crippen molar-refractivity contribution in [2.24, 2.45) is 5.73 Å². The zero-order valence-corrected chi connectivity index (χ0v) is 10.7. The van der Waals surface area contributed by atoms with Crippen LogP contribution in [0.1, 0.15) is 6.42 Å². The summed E-state index contributed by atoms with van der Waals surface area (Å²) in [6.07, 6.45) is 3.55. The number of amides is 1. The Morgan fingerprint density at radius 1 is 1.50 bits per heavy atom. The van der Waals surface area contributed by atoms with Gasteiger partial charge in [-0.15, -0.1) is 0 Å². The second-order valence-corrected chi connectivity index (χ2v) is 4.65. The van der Waals surface area contributed by atoms with Gasteiger partial charge < -0.3 is 15.5 Å². The zero-order chi connectivity index (χ0) is 13.0. The fraction of sp³-hybridized carbons (Fsp3) is 0.727. The molecule has 1 saturated heterocycles. The predicted molar refractivity (Wildman–Crippen MR) is 66.7 cm³/mol. The van der Waals surface area contributed by atoms with Crippen LogP contribution in [0.5, 0.6) is 0 Å². The first-order valence-electron chi connectivity index (χ1n) is 6.21. The van der Waals surface area contributed by atoms with Crippen LogP contribution in [0.2, 0.25) is 0 Å². The highest BCUT2D eigenvalue weighted by Crippen LogP contribution is 2.09. The topological polar surface area (TPSA) is 80.3 Å². The molecule has 0 spiro atoms. The van der Waals surface area contributed by atoms with Crippen molar-refractivity contribution in [3.8, 4) is 0 Å². The highest BCUT2D eigenvalue weighted by Gasteiger charge is 2.27. The number of hydrogen-bond donors (Lipinski definition) is 1. The van der Waals surface area contributed by atoms with Gasteiger partial charge in [-0.3, -0.25) is 9.48 Å². The van der Waals surface area contributed by atoms with Gasteiger partial charge in [-0.25, -0.2) is 4.98 Å². The smallest absolute Gasteiger partial charge is 0.224 e. The second-order valence-electron chi connectivity index (χ2n) is 4.65. The lowest BCUT2D eigenvalue weighted by Gasteiger charge is -2.39. The van der Waals surface area contributed by atoms with E-state index < -0.39 is 0 Å². The molecule has 2 heterocycles. The summed E-state index contributed by atoms with van der Waals surface area (Å²) in [5.74, 6) is 0.147. The molecule has 2 N–H and O–H groups in total. The quantitative estimate of drug-likeness (QED) is 0.726. The lowest BCUT2D eigenvalue weighted by molar-refractivity contribution is -0.135. The SMILES string of the molecule is CN1CCN(C(=O)CCn2cncn2)C(CN)C1. The predicted octanol–water partition coefficient (Wildman–Crippen LogP) is -1.23. The van der Waals surface area contributed by atoms with Gasteiger partial charge in [0.05, 0.1) is 12.6 Å². The van der Waals surface area contributed by atoms with Gasteiger partial charge >= 0.3 is 0 Å². The summed E-state index contributed by atoms with van der Waals surface area (Å²) >= 11 is 0. The first kappa shape index (κ1) is 13.0. The molecule has 1 fully saturated rings. The van der Waals surface area contributed by atoms with Crippen molar-refractivity contribution < 1.29 is 4.79 Å². The molecular weight excluding hydrogens is 232 g/mol.